The molecule has 1 N–H and O–H groups in total. The minimum atomic E-state index is -0.503. The zero-order valence-corrected chi connectivity index (χ0v) is 10.9. The van der Waals surface area contributed by atoms with Crippen LogP contribution in [0.25, 0.3) is 0 Å². The van der Waals surface area contributed by atoms with Gasteiger partial charge < -0.3 is 10.1 Å². The Morgan fingerprint density at radius 1 is 1.31 bits per heavy atom. The molecule has 1 atom stereocenters. The van der Waals surface area contributed by atoms with Crippen molar-refractivity contribution >= 4 is 11.9 Å². The first-order valence-corrected chi connectivity index (χ1v) is 5.75. The standard InChI is InChI=1S/C12H23NO3/c1-6-7-9(2)11(15)13-8-10(14)16-12(3,4)5/h9H,6-8H2,1-5H3,(H,13,15). The average molecular weight is 229 g/mol. The van der Waals surface area contributed by atoms with Crippen LogP contribution in [0.15, 0.2) is 0 Å². The van der Waals surface area contributed by atoms with Gasteiger partial charge in [0.25, 0.3) is 0 Å². The van der Waals surface area contributed by atoms with Crippen LogP contribution < -0.4 is 5.32 Å². The summed E-state index contributed by atoms with van der Waals surface area (Å²) in [6.07, 6.45) is 1.79. The van der Waals surface area contributed by atoms with Crippen LogP contribution in [0, 0.1) is 5.92 Å². The van der Waals surface area contributed by atoms with E-state index in [1.165, 1.54) is 0 Å². The molecular weight excluding hydrogens is 206 g/mol. The minimum Gasteiger partial charge on any atom is -0.459 e. The smallest absolute Gasteiger partial charge is 0.325 e. The normalized spacial score (nSPS) is 13.1. The molecule has 4 heteroatoms. The Labute approximate surface area is 97.7 Å². The molecular formula is C12H23NO3. The van der Waals surface area contributed by atoms with Gasteiger partial charge in [-0.2, -0.15) is 0 Å². The quantitative estimate of drug-likeness (QED) is 0.732. The number of ether oxygens (including phenoxy) is 1. The molecule has 0 radical (unpaired) electrons. The lowest BCUT2D eigenvalue weighted by Gasteiger charge is -2.20. The first-order chi connectivity index (χ1) is 7.26. The van der Waals surface area contributed by atoms with Crippen LogP contribution >= 0.6 is 0 Å². The lowest BCUT2D eigenvalue weighted by Crippen LogP contribution is -2.37. The zero-order chi connectivity index (χ0) is 12.8. The molecule has 0 aromatic carbocycles. The van der Waals surface area contributed by atoms with Gasteiger partial charge in [0.2, 0.25) is 5.91 Å². The van der Waals surface area contributed by atoms with E-state index in [0.29, 0.717) is 0 Å². The van der Waals surface area contributed by atoms with Crippen LogP contribution in [0.2, 0.25) is 0 Å². The monoisotopic (exact) mass is 229 g/mol. The molecule has 0 spiro atoms. The molecule has 0 saturated carbocycles. The van der Waals surface area contributed by atoms with Gasteiger partial charge in [-0.3, -0.25) is 9.59 Å². The molecule has 16 heavy (non-hydrogen) atoms. The molecule has 4 nitrogen and oxygen atoms in total. The average Bonchev–Trinajstić information content (AvgIpc) is 2.11. The lowest BCUT2D eigenvalue weighted by molar-refractivity contribution is -0.154. The molecule has 0 saturated heterocycles. The van der Waals surface area contributed by atoms with Crippen molar-refractivity contribution in [1.82, 2.24) is 5.32 Å². The summed E-state index contributed by atoms with van der Waals surface area (Å²) in [6, 6.07) is 0. The zero-order valence-electron chi connectivity index (χ0n) is 10.9. The van der Waals surface area contributed by atoms with Crippen LogP contribution in [0.1, 0.15) is 47.5 Å². The first-order valence-electron chi connectivity index (χ1n) is 5.75. The van der Waals surface area contributed by atoms with Gasteiger partial charge in [-0.05, 0) is 27.2 Å². The Bertz CT molecular complexity index is 243. The van der Waals surface area contributed by atoms with Crippen molar-refractivity contribution in [1.29, 1.82) is 0 Å². The molecule has 1 amide bonds. The van der Waals surface area contributed by atoms with Crippen molar-refractivity contribution in [2.75, 3.05) is 6.54 Å². The molecule has 0 fully saturated rings. The van der Waals surface area contributed by atoms with Crippen LogP contribution in [-0.4, -0.2) is 24.0 Å². The number of carbonyl (C=O) groups excluding carboxylic acids is 2. The van der Waals surface area contributed by atoms with E-state index in [1.54, 1.807) is 20.8 Å². The van der Waals surface area contributed by atoms with Crippen molar-refractivity contribution < 1.29 is 14.3 Å². The minimum absolute atomic E-state index is 0.0487. The third kappa shape index (κ3) is 7.26. The highest BCUT2D eigenvalue weighted by Crippen LogP contribution is 2.07. The van der Waals surface area contributed by atoms with E-state index in [4.69, 9.17) is 4.74 Å². The van der Waals surface area contributed by atoms with Crippen molar-refractivity contribution in [2.45, 2.75) is 53.1 Å². The highest BCUT2D eigenvalue weighted by Gasteiger charge is 2.18. The van der Waals surface area contributed by atoms with Gasteiger partial charge in [0.1, 0.15) is 12.1 Å². The topological polar surface area (TPSA) is 55.4 Å². The molecule has 0 aromatic heterocycles. The predicted molar refractivity (Wildman–Crippen MR) is 62.9 cm³/mol. The molecule has 94 valence electrons. The molecule has 0 bridgehead atoms. The summed E-state index contributed by atoms with van der Waals surface area (Å²) in [4.78, 5) is 22.8. The summed E-state index contributed by atoms with van der Waals surface area (Å²) in [5.74, 6) is -0.537. The lowest BCUT2D eigenvalue weighted by atomic mass is 10.1. The molecule has 0 aromatic rings. The van der Waals surface area contributed by atoms with E-state index in [2.05, 4.69) is 5.32 Å². The maximum absolute atomic E-state index is 11.5. The van der Waals surface area contributed by atoms with Gasteiger partial charge in [-0.25, -0.2) is 0 Å². The van der Waals surface area contributed by atoms with Crippen molar-refractivity contribution in [3.8, 4) is 0 Å². The van der Waals surface area contributed by atoms with E-state index >= 15 is 0 Å². The second-order valence-electron chi connectivity index (χ2n) is 4.99. The van der Waals surface area contributed by atoms with E-state index < -0.39 is 11.6 Å². The highest BCUT2D eigenvalue weighted by atomic mass is 16.6. The maximum Gasteiger partial charge on any atom is 0.325 e. The Kier molecular flexibility index (Phi) is 6.08. The maximum atomic E-state index is 11.5. The van der Waals surface area contributed by atoms with E-state index in [0.717, 1.165) is 12.8 Å². The second kappa shape index (κ2) is 6.51. The van der Waals surface area contributed by atoms with Crippen molar-refractivity contribution in [2.24, 2.45) is 5.92 Å². The summed E-state index contributed by atoms with van der Waals surface area (Å²) in [5.41, 5.74) is -0.503. The van der Waals surface area contributed by atoms with Gasteiger partial charge in [-0.1, -0.05) is 20.3 Å². The Morgan fingerprint density at radius 3 is 2.31 bits per heavy atom. The van der Waals surface area contributed by atoms with Gasteiger partial charge in [0.15, 0.2) is 0 Å². The number of esters is 1. The Morgan fingerprint density at radius 2 is 1.88 bits per heavy atom. The number of carbonyl (C=O) groups is 2. The van der Waals surface area contributed by atoms with E-state index in [9.17, 15) is 9.59 Å². The van der Waals surface area contributed by atoms with Gasteiger partial charge in [0, 0.05) is 5.92 Å². The summed E-state index contributed by atoms with van der Waals surface area (Å²) in [6.45, 7) is 9.22. The van der Waals surface area contributed by atoms with E-state index in [1.807, 2.05) is 13.8 Å². The molecule has 0 aliphatic rings. The summed E-state index contributed by atoms with van der Waals surface area (Å²) < 4.78 is 5.07. The number of nitrogens with one attached hydrogen (secondary N) is 1. The second-order valence-corrected chi connectivity index (χ2v) is 4.99. The molecule has 1 unspecified atom stereocenters. The summed E-state index contributed by atoms with van der Waals surface area (Å²) in [7, 11) is 0. The number of rotatable bonds is 5. The summed E-state index contributed by atoms with van der Waals surface area (Å²) >= 11 is 0. The van der Waals surface area contributed by atoms with Crippen molar-refractivity contribution in [3.05, 3.63) is 0 Å². The van der Waals surface area contributed by atoms with Crippen molar-refractivity contribution in [3.63, 3.8) is 0 Å². The Balaban J connectivity index is 3.88. The van der Waals surface area contributed by atoms with Gasteiger partial charge in [0.05, 0.1) is 0 Å². The first kappa shape index (κ1) is 14.9. The third-order valence-corrected chi connectivity index (χ3v) is 2.00. The predicted octanol–water partition coefficient (Wildman–Crippen LogP) is 1.88. The fraction of sp³-hybridized carbons (Fsp3) is 0.833. The number of hydrogen-bond donors (Lipinski definition) is 1. The Hall–Kier alpha value is -1.06. The van der Waals surface area contributed by atoms with Crippen LogP contribution in [0.4, 0.5) is 0 Å². The van der Waals surface area contributed by atoms with Gasteiger partial charge in [-0.15, -0.1) is 0 Å². The largest absolute Gasteiger partial charge is 0.459 e. The third-order valence-electron chi connectivity index (χ3n) is 2.00. The van der Waals surface area contributed by atoms with Crippen LogP contribution in [-0.2, 0) is 14.3 Å². The molecule has 0 aliphatic carbocycles. The van der Waals surface area contributed by atoms with Gasteiger partial charge >= 0.3 is 5.97 Å². The molecule has 0 rings (SSSR count). The number of amides is 1. The fourth-order valence-electron chi connectivity index (χ4n) is 1.28. The highest BCUT2D eigenvalue weighted by molar-refractivity contribution is 5.83. The SMILES string of the molecule is CCCC(C)C(=O)NCC(=O)OC(C)(C)C. The van der Waals surface area contributed by atoms with Crippen LogP contribution in [0.5, 0.6) is 0 Å². The molecule has 0 heterocycles. The summed E-state index contributed by atoms with van der Waals surface area (Å²) in [5, 5.41) is 2.58. The molecule has 0 aliphatic heterocycles. The fourth-order valence-corrected chi connectivity index (χ4v) is 1.28. The number of hydrogen-bond acceptors (Lipinski definition) is 3. The van der Waals surface area contributed by atoms with E-state index in [-0.39, 0.29) is 18.4 Å². The van der Waals surface area contributed by atoms with Crippen LogP contribution in [0.3, 0.4) is 0 Å².